The van der Waals surface area contributed by atoms with Gasteiger partial charge in [-0.1, -0.05) is 0 Å². The van der Waals surface area contributed by atoms with E-state index in [2.05, 4.69) is 10.1 Å². The van der Waals surface area contributed by atoms with Crippen molar-refractivity contribution >= 4 is 5.82 Å². The van der Waals surface area contributed by atoms with Gasteiger partial charge in [-0.2, -0.15) is 5.10 Å². The van der Waals surface area contributed by atoms with Crippen LogP contribution in [0.5, 0.6) is 5.75 Å². The molecule has 0 aliphatic rings. The number of oxazole rings is 1. The number of hydrogen-bond acceptors (Lipinski definition) is 5. The molecule has 2 N–H and O–H groups in total. The van der Waals surface area contributed by atoms with E-state index in [1.165, 1.54) is 0 Å². The molecule has 6 nitrogen and oxygen atoms in total. The Morgan fingerprint density at radius 1 is 1.27 bits per heavy atom. The van der Waals surface area contributed by atoms with E-state index >= 15 is 0 Å². The summed E-state index contributed by atoms with van der Waals surface area (Å²) in [4.78, 5) is 4.49. The zero-order valence-electron chi connectivity index (χ0n) is 12.6. The number of nitrogens with zero attached hydrogens (tertiary/aromatic N) is 3. The second kappa shape index (κ2) is 5.93. The SMILES string of the molecule is CCOc1ccc(-c2nc(Cn3nc(N)cc3C)co2)cc1. The first-order valence-corrected chi connectivity index (χ1v) is 7.13. The Balaban J connectivity index is 1.77. The molecule has 0 bridgehead atoms. The van der Waals surface area contributed by atoms with Gasteiger partial charge in [-0.25, -0.2) is 4.98 Å². The van der Waals surface area contributed by atoms with Crippen molar-refractivity contribution in [2.75, 3.05) is 12.3 Å². The summed E-state index contributed by atoms with van der Waals surface area (Å²) in [6.45, 7) is 5.09. The molecule has 0 fully saturated rings. The van der Waals surface area contributed by atoms with Gasteiger partial charge in [0.2, 0.25) is 5.89 Å². The number of nitrogens with two attached hydrogens (primary N) is 1. The first-order valence-electron chi connectivity index (χ1n) is 7.13. The Kier molecular flexibility index (Phi) is 3.82. The number of rotatable bonds is 5. The Morgan fingerprint density at radius 2 is 2.05 bits per heavy atom. The van der Waals surface area contributed by atoms with Gasteiger partial charge in [-0.3, -0.25) is 4.68 Å². The van der Waals surface area contributed by atoms with Crippen molar-refractivity contribution in [2.24, 2.45) is 0 Å². The van der Waals surface area contributed by atoms with Crippen LogP contribution in [0.3, 0.4) is 0 Å². The van der Waals surface area contributed by atoms with Crippen LogP contribution in [0.4, 0.5) is 5.82 Å². The number of aromatic nitrogens is 3. The quantitative estimate of drug-likeness (QED) is 0.783. The summed E-state index contributed by atoms with van der Waals surface area (Å²) in [6.07, 6.45) is 1.64. The lowest BCUT2D eigenvalue weighted by molar-refractivity contribution is 0.340. The maximum Gasteiger partial charge on any atom is 0.226 e. The average molecular weight is 298 g/mol. The van der Waals surface area contributed by atoms with Gasteiger partial charge in [0.1, 0.15) is 23.5 Å². The van der Waals surface area contributed by atoms with E-state index in [1.807, 2.05) is 44.2 Å². The Bertz CT molecular complexity index is 759. The summed E-state index contributed by atoms with van der Waals surface area (Å²) in [6, 6.07) is 9.49. The highest BCUT2D eigenvalue weighted by Crippen LogP contribution is 2.22. The molecule has 6 heteroatoms. The molecule has 2 heterocycles. The van der Waals surface area contributed by atoms with E-state index in [4.69, 9.17) is 14.9 Å². The fraction of sp³-hybridized carbons (Fsp3) is 0.250. The van der Waals surface area contributed by atoms with Crippen LogP contribution in [0.15, 0.2) is 41.0 Å². The van der Waals surface area contributed by atoms with Crippen LogP contribution < -0.4 is 10.5 Å². The molecule has 0 saturated carbocycles. The highest BCUT2D eigenvalue weighted by molar-refractivity contribution is 5.54. The molecule has 0 spiro atoms. The maximum absolute atomic E-state index is 5.68. The first-order chi connectivity index (χ1) is 10.7. The predicted molar refractivity (Wildman–Crippen MR) is 83.6 cm³/mol. The van der Waals surface area contributed by atoms with Gasteiger partial charge in [-0.15, -0.1) is 0 Å². The van der Waals surface area contributed by atoms with E-state index in [1.54, 1.807) is 10.9 Å². The van der Waals surface area contributed by atoms with Crippen LogP contribution in [0, 0.1) is 6.92 Å². The minimum absolute atomic E-state index is 0.507. The lowest BCUT2D eigenvalue weighted by Crippen LogP contribution is -2.04. The fourth-order valence-corrected chi connectivity index (χ4v) is 2.22. The van der Waals surface area contributed by atoms with Gasteiger partial charge in [0, 0.05) is 17.3 Å². The molecule has 114 valence electrons. The monoisotopic (exact) mass is 298 g/mol. The molecular weight excluding hydrogens is 280 g/mol. The van der Waals surface area contributed by atoms with Crippen LogP contribution in [0.2, 0.25) is 0 Å². The van der Waals surface area contributed by atoms with Crippen molar-refractivity contribution in [3.8, 4) is 17.2 Å². The molecule has 0 amide bonds. The molecule has 0 atom stereocenters. The summed E-state index contributed by atoms with van der Waals surface area (Å²) in [7, 11) is 0. The van der Waals surface area contributed by atoms with Crippen LogP contribution in [-0.2, 0) is 6.54 Å². The van der Waals surface area contributed by atoms with Gasteiger partial charge >= 0.3 is 0 Å². The second-order valence-electron chi connectivity index (χ2n) is 4.97. The Morgan fingerprint density at radius 3 is 2.68 bits per heavy atom. The molecule has 3 rings (SSSR count). The standard InChI is InChI=1S/C16H18N4O2/c1-3-21-14-6-4-12(5-7-14)16-18-13(10-22-16)9-20-11(2)8-15(17)19-20/h4-8,10H,3,9H2,1-2H3,(H2,17,19). The second-order valence-corrected chi connectivity index (χ2v) is 4.97. The molecule has 0 radical (unpaired) electrons. The van der Waals surface area contributed by atoms with E-state index in [-0.39, 0.29) is 0 Å². The molecule has 0 saturated heterocycles. The van der Waals surface area contributed by atoms with Crippen LogP contribution >= 0.6 is 0 Å². The van der Waals surface area contributed by atoms with Crippen molar-refractivity contribution in [3.63, 3.8) is 0 Å². The van der Waals surface area contributed by atoms with Crippen molar-refractivity contribution in [1.29, 1.82) is 0 Å². The van der Waals surface area contributed by atoms with Gasteiger partial charge in [0.05, 0.1) is 13.2 Å². The number of aryl methyl sites for hydroxylation is 1. The van der Waals surface area contributed by atoms with Crippen molar-refractivity contribution in [1.82, 2.24) is 14.8 Å². The first kappa shape index (κ1) is 14.2. The average Bonchev–Trinajstić information content (AvgIpc) is 3.08. The van der Waals surface area contributed by atoms with E-state index < -0.39 is 0 Å². The third kappa shape index (κ3) is 2.95. The molecule has 22 heavy (non-hydrogen) atoms. The highest BCUT2D eigenvalue weighted by atomic mass is 16.5. The van der Waals surface area contributed by atoms with Gasteiger partial charge in [0.15, 0.2) is 0 Å². The Labute approximate surface area is 128 Å². The number of nitrogen functional groups attached to an aromatic ring is 1. The lowest BCUT2D eigenvalue weighted by Gasteiger charge is -2.02. The third-order valence-corrected chi connectivity index (χ3v) is 3.28. The number of anilines is 1. The van der Waals surface area contributed by atoms with E-state index in [0.717, 1.165) is 22.7 Å². The summed E-state index contributed by atoms with van der Waals surface area (Å²) < 4.78 is 12.8. The zero-order valence-corrected chi connectivity index (χ0v) is 12.6. The molecule has 0 unspecified atom stereocenters. The largest absolute Gasteiger partial charge is 0.494 e. The van der Waals surface area contributed by atoms with Crippen molar-refractivity contribution < 1.29 is 9.15 Å². The predicted octanol–water partition coefficient (Wildman–Crippen LogP) is 2.88. The zero-order chi connectivity index (χ0) is 15.5. The number of benzene rings is 1. The molecule has 3 aromatic rings. The third-order valence-electron chi connectivity index (χ3n) is 3.28. The number of hydrogen-bond donors (Lipinski definition) is 1. The fourth-order valence-electron chi connectivity index (χ4n) is 2.22. The van der Waals surface area contributed by atoms with E-state index in [0.29, 0.717) is 24.9 Å². The van der Waals surface area contributed by atoms with Crippen molar-refractivity contribution in [2.45, 2.75) is 20.4 Å². The van der Waals surface area contributed by atoms with Crippen LogP contribution in [-0.4, -0.2) is 21.4 Å². The molecular formula is C16H18N4O2. The van der Waals surface area contributed by atoms with Gasteiger partial charge < -0.3 is 14.9 Å². The van der Waals surface area contributed by atoms with Crippen LogP contribution in [0.1, 0.15) is 18.3 Å². The molecule has 0 aliphatic carbocycles. The lowest BCUT2D eigenvalue weighted by atomic mass is 10.2. The molecule has 1 aromatic carbocycles. The smallest absolute Gasteiger partial charge is 0.226 e. The van der Waals surface area contributed by atoms with Crippen molar-refractivity contribution in [3.05, 3.63) is 48.0 Å². The Hall–Kier alpha value is -2.76. The topological polar surface area (TPSA) is 79.1 Å². The van der Waals surface area contributed by atoms with E-state index in [9.17, 15) is 0 Å². The summed E-state index contributed by atoms with van der Waals surface area (Å²) >= 11 is 0. The summed E-state index contributed by atoms with van der Waals surface area (Å²) in [5, 5.41) is 4.22. The highest BCUT2D eigenvalue weighted by Gasteiger charge is 2.09. The minimum Gasteiger partial charge on any atom is -0.494 e. The van der Waals surface area contributed by atoms with Gasteiger partial charge in [-0.05, 0) is 38.1 Å². The van der Waals surface area contributed by atoms with Crippen LogP contribution in [0.25, 0.3) is 11.5 Å². The molecule has 0 aliphatic heterocycles. The summed E-state index contributed by atoms with van der Waals surface area (Å²) in [5.74, 6) is 1.92. The minimum atomic E-state index is 0.507. The van der Waals surface area contributed by atoms with Gasteiger partial charge in [0.25, 0.3) is 0 Å². The number of ether oxygens (including phenoxy) is 1. The maximum atomic E-state index is 5.68. The normalized spacial score (nSPS) is 10.8. The summed E-state index contributed by atoms with van der Waals surface area (Å²) in [5.41, 5.74) is 8.38. The molecule has 2 aromatic heterocycles.